The van der Waals surface area contributed by atoms with Crippen LogP contribution < -0.4 is 34.7 Å². The summed E-state index contributed by atoms with van der Waals surface area (Å²) in [5.41, 5.74) is 0. The number of hydrogen-bond acceptors (Lipinski definition) is 2. The smallest absolute Gasteiger partial charge is 0.550 e. The third-order valence-corrected chi connectivity index (χ3v) is 1.48. The molecule has 0 aromatic carbocycles. The topological polar surface area (TPSA) is 40.1 Å². The number of hydrogen-bond donors (Lipinski definition) is 0. The van der Waals surface area contributed by atoms with E-state index in [2.05, 4.69) is 6.92 Å². The molecule has 0 aliphatic carbocycles. The number of aliphatic carboxylic acids is 1. The largest absolute Gasteiger partial charge is 1.00 e. The van der Waals surface area contributed by atoms with Gasteiger partial charge in [-0.1, -0.05) is 32.6 Å². The predicted molar refractivity (Wildman–Crippen MR) is 45.6 cm³/mol. The Morgan fingerprint density at radius 3 is 2.08 bits per heavy atom. The van der Waals surface area contributed by atoms with Crippen molar-refractivity contribution in [1.29, 1.82) is 0 Å². The Kier molecular flexibility index (Phi) is 22.1. The minimum Gasteiger partial charge on any atom is -0.550 e. The van der Waals surface area contributed by atoms with Crippen LogP contribution in [0.15, 0.2) is 0 Å². The molecule has 0 spiro atoms. The van der Waals surface area contributed by atoms with Gasteiger partial charge in [-0.2, -0.15) is 0 Å². The van der Waals surface area contributed by atoms with Gasteiger partial charge in [0.25, 0.3) is 0 Å². The van der Waals surface area contributed by atoms with E-state index in [1.54, 1.807) is 0 Å². The van der Waals surface area contributed by atoms with Gasteiger partial charge in [0.15, 0.2) is 0 Å². The van der Waals surface area contributed by atoms with E-state index >= 15 is 0 Å². The van der Waals surface area contributed by atoms with Gasteiger partial charge in [0.05, 0.1) is 0 Å². The average molecular weight is 203 g/mol. The second-order valence-electron chi connectivity index (χ2n) is 2.54. The zero-order valence-corrected chi connectivity index (χ0v) is 10.8. The zero-order chi connectivity index (χ0) is 7.82. The fourth-order valence-electron chi connectivity index (χ4n) is 0.873. The molecule has 0 aromatic rings. The van der Waals surface area contributed by atoms with E-state index in [1.165, 1.54) is 12.8 Å². The molecule has 0 unspecified atom stereocenters. The summed E-state index contributed by atoms with van der Waals surface area (Å²) in [6.45, 7) is 2.14. The molecule has 0 aliphatic rings. The van der Waals surface area contributed by atoms with E-state index in [4.69, 9.17) is 0 Å². The van der Waals surface area contributed by atoms with Crippen LogP contribution in [-0.2, 0) is 4.79 Å². The van der Waals surface area contributed by atoms with Crippen LogP contribution in [0.1, 0.15) is 45.4 Å². The van der Waals surface area contributed by atoms with E-state index in [1.807, 2.05) is 0 Å². The Bertz CT molecular complexity index is 99.1. The zero-order valence-electron chi connectivity index (χ0n) is 7.97. The van der Waals surface area contributed by atoms with Gasteiger partial charge in [-0.05, 0) is 12.8 Å². The Hall–Kier alpha value is 0.760. The van der Waals surface area contributed by atoms with Gasteiger partial charge in [0, 0.05) is 5.97 Å². The first kappa shape index (κ1) is 18.5. The van der Waals surface area contributed by atoms with Crippen LogP contribution in [0.25, 0.3) is 0 Å². The van der Waals surface area contributed by atoms with Crippen molar-refractivity contribution in [3.05, 3.63) is 0 Å². The Balaban J connectivity index is -0.000000405. The molecule has 0 radical (unpaired) electrons. The maximum absolute atomic E-state index is 9.92. The van der Waals surface area contributed by atoms with Crippen LogP contribution in [0.3, 0.4) is 0 Å². The van der Waals surface area contributed by atoms with Crippen LogP contribution in [0.5, 0.6) is 0 Å². The second-order valence-corrected chi connectivity index (χ2v) is 2.54. The van der Waals surface area contributed by atoms with Crippen molar-refractivity contribution in [2.75, 3.05) is 0 Å². The SMILES string of the molecule is CCCCCCCC(=O)[O-].Cl.[Na+]. The van der Waals surface area contributed by atoms with E-state index in [-0.39, 0.29) is 48.4 Å². The molecule has 68 valence electrons. The van der Waals surface area contributed by atoms with Crippen LogP contribution in [-0.4, -0.2) is 5.97 Å². The third-order valence-electron chi connectivity index (χ3n) is 1.48. The van der Waals surface area contributed by atoms with Gasteiger partial charge in [0.2, 0.25) is 0 Å². The number of rotatable bonds is 6. The maximum atomic E-state index is 9.92. The summed E-state index contributed by atoms with van der Waals surface area (Å²) in [4.78, 5) is 9.92. The first-order valence-corrected chi connectivity index (χ1v) is 3.97. The van der Waals surface area contributed by atoms with Gasteiger partial charge in [-0.15, -0.1) is 12.4 Å². The predicted octanol–water partition coefficient (Wildman–Crippen LogP) is -1.48. The van der Waals surface area contributed by atoms with Crippen molar-refractivity contribution >= 4 is 18.4 Å². The summed E-state index contributed by atoms with van der Waals surface area (Å²) >= 11 is 0. The molecular weight excluding hydrogens is 187 g/mol. The van der Waals surface area contributed by atoms with Crippen molar-refractivity contribution in [3.8, 4) is 0 Å². The quantitative estimate of drug-likeness (QED) is 0.390. The van der Waals surface area contributed by atoms with Gasteiger partial charge in [-0.3, -0.25) is 0 Å². The molecule has 0 aromatic heterocycles. The number of carboxylic acids is 1. The fraction of sp³-hybridized carbons (Fsp3) is 0.875. The molecule has 0 amide bonds. The molecule has 0 aliphatic heterocycles. The van der Waals surface area contributed by atoms with Crippen molar-refractivity contribution in [2.24, 2.45) is 0 Å². The molecule has 0 N–H and O–H groups in total. The standard InChI is InChI=1S/C8H16O2.ClH.Na/c1-2-3-4-5-6-7-8(9)10;;/h2-7H2,1H3,(H,9,10);1H;/q;;+1/p-1. The molecule has 0 heterocycles. The van der Waals surface area contributed by atoms with E-state index in [9.17, 15) is 9.90 Å². The summed E-state index contributed by atoms with van der Waals surface area (Å²) in [5, 5.41) is 9.92. The van der Waals surface area contributed by atoms with Gasteiger partial charge in [-0.25, -0.2) is 0 Å². The molecule has 0 bridgehead atoms. The fourth-order valence-corrected chi connectivity index (χ4v) is 0.873. The Labute approximate surface area is 103 Å². The maximum Gasteiger partial charge on any atom is 1.00 e. The van der Waals surface area contributed by atoms with Gasteiger partial charge >= 0.3 is 29.6 Å². The van der Waals surface area contributed by atoms with Crippen molar-refractivity contribution in [1.82, 2.24) is 0 Å². The van der Waals surface area contributed by atoms with Crippen LogP contribution in [0.4, 0.5) is 0 Å². The molecule has 12 heavy (non-hydrogen) atoms. The van der Waals surface area contributed by atoms with Crippen LogP contribution in [0, 0.1) is 0 Å². The van der Waals surface area contributed by atoms with Gasteiger partial charge < -0.3 is 9.90 Å². The second kappa shape index (κ2) is 14.3. The Morgan fingerprint density at radius 2 is 1.67 bits per heavy atom. The monoisotopic (exact) mass is 202 g/mol. The van der Waals surface area contributed by atoms with E-state index < -0.39 is 5.97 Å². The molecule has 4 heteroatoms. The molecule has 0 saturated carbocycles. The molecule has 0 fully saturated rings. The number of carboxylic acid groups (broad SMARTS) is 1. The summed E-state index contributed by atoms with van der Waals surface area (Å²) in [6, 6.07) is 0. The van der Waals surface area contributed by atoms with Crippen LogP contribution in [0.2, 0.25) is 0 Å². The minimum absolute atomic E-state index is 0. The van der Waals surface area contributed by atoms with E-state index in [0.717, 1.165) is 19.3 Å². The molecule has 2 nitrogen and oxygen atoms in total. The number of unbranched alkanes of at least 4 members (excludes halogenated alkanes) is 4. The normalized spacial score (nSPS) is 8.08. The Morgan fingerprint density at radius 1 is 1.17 bits per heavy atom. The van der Waals surface area contributed by atoms with Crippen LogP contribution >= 0.6 is 12.4 Å². The average Bonchev–Trinajstić information content (AvgIpc) is 1.87. The first-order valence-electron chi connectivity index (χ1n) is 3.97. The molecule has 0 atom stereocenters. The first-order chi connectivity index (χ1) is 4.77. The number of halogens is 1. The molecular formula is C8H16ClNaO2. The van der Waals surface area contributed by atoms with Gasteiger partial charge in [0.1, 0.15) is 0 Å². The molecule has 0 saturated heterocycles. The third kappa shape index (κ3) is 17.0. The summed E-state index contributed by atoms with van der Waals surface area (Å²) in [6.07, 6.45) is 5.61. The number of carbonyl (C=O) groups excluding carboxylic acids is 1. The number of carbonyl (C=O) groups is 1. The van der Waals surface area contributed by atoms with Crippen molar-refractivity contribution in [2.45, 2.75) is 45.4 Å². The molecule has 0 rings (SSSR count). The van der Waals surface area contributed by atoms with Crippen molar-refractivity contribution < 1.29 is 39.5 Å². The van der Waals surface area contributed by atoms with Crippen molar-refractivity contribution in [3.63, 3.8) is 0 Å². The minimum atomic E-state index is -0.920. The summed E-state index contributed by atoms with van der Waals surface area (Å²) in [5.74, 6) is -0.920. The summed E-state index contributed by atoms with van der Waals surface area (Å²) < 4.78 is 0. The summed E-state index contributed by atoms with van der Waals surface area (Å²) in [7, 11) is 0. The van der Waals surface area contributed by atoms with E-state index in [0.29, 0.717) is 0 Å².